The van der Waals surface area contributed by atoms with Crippen LogP contribution in [0.2, 0.25) is 0 Å². The number of ether oxygens (including phenoxy) is 2. The minimum absolute atomic E-state index is 0.0285. The number of aromatic nitrogens is 1. The van der Waals surface area contributed by atoms with Crippen LogP contribution in [0, 0.1) is 0 Å². The van der Waals surface area contributed by atoms with Crippen LogP contribution in [0.1, 0.15) is 47.3 Å². The van der Waals surface area contributed by atoms with Crippen molar-refractivity contribution < 1.29 is 24.5 Å². The average molecular weight is 532 g/mol. The van der Waals surface area contributed by atoms with E-state index in [9.17, 15) is 9.90 Å². The van der Waals surface area contributed by atoms with Gasteiger partial charge in [0.05, 0.1) is 11.3 Å². The number of carboxylic acids is 1. The minimum atomic E-state index is -0.925. The number of nitrogens with zero attached hydrogens (tertiary/aromatic N) is 2. The first-order valence-corrected chi connectivity index (χ1v) is 13.9. The van der Waals surface area contributed by atoms with E-state index < -0.39 is 12.1 Å². The predicted molar refractivity (Wildman–Crippen MR) is 149 cm³/mol. The van der Waals surface area contributed by atoms with Crippen molar-refractivity contribution in [2.45, 2.75) is 50.9 Å². The van der Waals surface area contributed by atoms with Gasteiger partial charge in [0.1, 0.15) is 30.3 Å². The molecule has 0 spiro atoms. The molecule has 0 unspecified atom stereocenters. The lowest BCUT2D eigenvalue weighted by Gasteiger charge is -2.27. The molecule has 3 aromatic rings. The molecule has 39 heavy (non-hydrogen) atoms. The van der Waals surface area contributed by atoms with Crippen LogP contribution in [0.4, 0.5) is 0 Å². The number of benzene rings is 2. The van der Waals surface area contributed by atoms with Gasteiger partial charge in [0.15, 0.2) is 0 Å². The van der Waals surface area contributed by atoms with Crippen LogP contribution < -0.4 is 14.8 Å². The zero-order valence-corrected chi connectivity index (χ0v) is 22.2. The Morgan fingerprint density at radius 1 is 1.10 bits per heavy atom. The van der Waals surface area contributed by atoms with Gasteiger partial charge in [-0.25, -0.2) is 4.79 Å². The Balaban J connectivity index is 1.06. The van der Waals surface area contributed by atoms with E-state index in [0.29, 0.717) is 13.1 Å². The smallest absolute Gasteiger partial charge is 0.335 e. The Kier molecular flexibility index (Phi) is 9.08. The summed E-state index contributed by atoms with van der Waals surface area (Å²) >= 11 is 0. The SMILES string of the molecule is O=C(O)c1ccc(-c2ccc3c(c2)CC[C@H](CNC[C@H](O)COc2cccnc2CN2CCCCC2)O3)cc1. The van der Waals surface area contributed by atoms with Crippen molar-refractivity contribution >= 4 is 5.97 Å². The third-order valence-corrected chi connectivity index (χ3v) is 7.41. The molecule has 5 rings (SSSR count). The molecule has 2 aromatic carbocycles. The highest BCUT2D eigenvalue weighted by Gasteiger charge is 2.21. The molecule has 206 valence electrons. The number of aliphatic hydroxyl groups excluding tert-OH is 1. The number of hydrogen-bond donors (Lipinski definition) is 3. The molecule has 0 amide bonds. The quantitative estimate of drug-likeness (QED) is 0.339. The Morgan fingerprint density at radius 2 is 1.90 bits per heavy atom. The molecule has 8 nitrogen and oxygen atoms in total. The van der Waals surface area contributed by atoms with Gasteiger partial charge >= 0.3 is 5.97 Å². The van der Waals surface area contributed by atoms with Crippen molar-refractivity contribution in [2.24, 2.45) is 0 Å². The molecule has 8 heteroatoms. The lowest BCUT2D eigenvalue weighted by atomic mass is 9.96. The van der Waals surface area contributed by atoms with Crippen LogP contribution in [0.25, 0.3) is 11.1 Å². The first-order chi connectivity index (χ1) is 19.0. The fraction of sp³-hybridized carbons (Fsp3) is 0.419. The molecular formula is C31H37N3O5. The largest absolute Gasteiger partial charge is 0.489 e. The lowest BCUT2D eigenvalue weighted by molar-refractivity contribution is 0.0697. The summed E-state index contributed by atoms with van der Waals surface area (Å²) in [5.74, 6) is 0.693. The van der Waals surface area contributed by atoms with Crippen molar-refractivity contribution in [3.05, 3.63) is 77.6 Å². The second kappa shape index (κ2) is 13.1. The van der Waals surface area contributed by atoms with E-state index in [-0.39, 0.29) is 18.3 Å². The molecule has 1 saturated heterocycles. The van der Waals surface area contributed by atoms with Crippen LogP contribution >= 0.6 is 0 Å². The number of carbonyl (C=O) groups is 1. The van der Waals surface area contributed by atoms with Gasteiger partial charge in [0, 0.05) is 25.8 Å². The van der Waals surface area contributed by atoms with Gasteiger partial charge in [-0.05, 0) is 91.9 Å². The Bertz CT molecular complexity index is 1240. The fourth-order valence-electron chi connectivity index (χ4n) is 5.23. The Morgan fingerprint density at radius 3 is 2.69 bits per heavy atom. The molecule has 1 aromatic heterocycles. The second-order valence-corrected chi connectivity index (χ2v) is 10.4. The van der Waals surface area contributed by atoms with E-state index >= 15 is 0 Å². The number of nitrogens with one attached hydrogen (secondary N) is 1. The molecule has 0 aliphatic carbocycles. The van der Waals surface area contributed by atoms with Gasteiger partial charge in [-0.2, -0.15) is 0 Å². The van der Waals surface area contributed by atoms with Crippen LogP contribution in [0.15, 0.2) is 60.8 Å². The number of aryl methyl sites for hydroxylation is 1. The van der Waals surface area contributed by atoms with Crippen molar-refractivity contribution in [3.8, 4) is 22.6 Å². The zero-order valence-electron chi connectivity index (χ0n) is 22.2. The maximum absolute atomic E-state index is 11.1. The molecule has 3 N–H and O–H groups in total. The summed E-state index contributed by atoms with van der Waals surface area (Å²) in [5.41, 5.74) is 4.38. The van der Waals surface area contributed by atoms with E-state index in [1.165, 1.54) is 19.3 Å². The minimum Gasteiger partial charge on any atom is -0.489 e. The number of aromatic carboxylic acids is 1. The number of pyridine rings is 1. The third-order valence-electron chi connectivity index (χ3n) is 7.41. The van der Waals surface area contributed by atoms with E-state index in [1.807, 2.05) is 36.4 Å². The second-order valence-electron chi connectivity index (χ2n) is 10.4. The summed E-state index contributed by atoms with van der Waals surface area (Å²) in [4.78, 5) is 18.0. The molecule has 2 aliphatic rings. The van der Waals surface area contributed by atoms with E-state index in [1.54, 1.807) is 18.3 Å². The molecule has 0 saturated carbocycles. The summed E-state index contributed by atoms with van der Waals surface area (Å²) in [6.45, 7) is 4.24. The molecule has 2 atom stereocenters. The molecule has 1 fully saturated rings. The van der Waals surface area contributed by atoms with Gasteiger partial charge in [0.2, 0.25) is 0 Å². The number of fused-ring (bicyclic) bond motifs is 1. The van der Waals surface area contributed by atoms with E-state index in [0.717, 1.165) is 66.4 Å². The van der Waals surface area contributed by atoms with Crippen molar-refractivity contribution in [1.29, 1.82) is 0 Å². The zero-order chi connectivity index (χ0) is 27.0. The number of hydrogen-bond acceptors (Lipinski definition) is 7. The predicted octanol–water partition coefficient (Wildman–Crippen LogP) is 4.16. The van der Waals surface area contributed by atoms with Crippen molar-refractivity contribution in [1.82, 2.24) is 15.2 Å². The molecule has 0 bridgehead atoms. The van der Waals surface area contributed by atoms with Gasteiger partial charge in [-0.15, -0.1) is 0 Å². The average Bonchev–Trinajstić information content (AvgIpc) is 2.97. The van der Waals surface area contributed by atoms with Crippen molar-refractivity contribution in [3.63, 3.8) is 0 Å². The summed E-state index contributed by atoms with van der Waals surface area (Å²) in [6.07, 6.45) is 6.72. The summed E-state index contributed by atoms with van der Waals surface area (Å²) in [6, 6.07) is 16.8. The highest BCUT2D eigenvalue weighted by molar-refractivity contribution is 5.88. The van der Waals surface area contributed by atoms with Gasteiger partial charge < -0.3 is 25.0 Å². The van der Waals surface area contributed by atoms with Crippen LogP contribution in [0.3, 0.4) is 0 Å². The van der Waals surface area contributed by atoms with Gasteiger partial charge in [-0.1, -0.05) is 24.6 Å². The lowest BCUT2D eigenvalue weighted by Crippen LogP contribution is -2.39. The highest BCUT2D eigenvalue weighted by atomic mass is 16.5. The molecule has 0 radical (unpaired) electrons. The molecule has 2 aliphatic heterocycles. The number of carboxylic acid groups (broad SMARTS) is 1. The number of piperidine rings is 1. The molecule has 3 heterocycles. The number of rotatable bonds is 11. The monoisotopic (exact) mass is 531 g/mol. The summed E-state index contributed by atoms with van der Waals surface area (Å²) < 4.78 is 12.2. The standard InChI is InChI=1S/C31H37N3O5/c35-26(21-38-30-5-4-14-33-28(30)20-34-15-2-1-3-16-34)18-32-19-27-12-10-25-17-24(11-13-29(25)39-27)22-6-8-23(9-7-22)31(36)37/h4-9,11,13-14,17,26-27,32,35H,1-3,10,12,15-16,18-21H2,(H,36,37)/t26-,27+/m0/s1. The topological polar surface area (TPSA) is 104 Å². The summed E-state index contributed by atoms with van der Waals surface area (Å²) in [5, 5.41) is 22.9. The number of likely N-dealkylation sites (tertiary alicyclic amines) is 1. The molecular weight excluding hydrogens is 494 g/mol. The first-order valence-electron chi connectivity index (χ1n) is 13.9. The fourth-order valence-corrected chi connectivity index (χ4v) is 5.23. The van der Waals surface area contributed by atoms with Gasteiger partial charge in [0.25, 0.3) is 0 Å². The Labute approximate surface area is 229 Å². The maximum atomic E-state index is 11.1. The van der Waals surface area contributed by atoms with E-state index in [2.05, 4.69) is 21.3 Å². The van der Waals surface area contributed by atoms with Gasteiger partial charge in [-0.3, -0.25) is 9.88 Å². The highest BCUT2D eigenvalue weighted by Crippen LogP contribution is 2.32. The van der Waals surface area contributed by atoms with Crippen molar-refractivity contribution in [2.75, 3.05) is 32.8 Å². The number of aliphatic hydroxyl groups is 1. The summed E-state index contributed by atoms with van der Waals surface area (Å²) in [7, 11) is 0. The van der Waals surface area contributed by atoms with E-state index in [4.69, 9.17) is 14.6 Å². The maximum Gasteiger partial charge on any atom is 0.335 e. The normalized spacial score (nSPS) is 18.1. The third kappa shape index (κ3) is 7.35. The Hall–Kier alpha value is -3.46. The first kappa shape index (κ1) is 27.1. The van der Waals surface area contributed by atoms with Crippen LogP contribution in [-0.4, -0.2) is 71.1 Å². The van der Waals surface area contributed by atoms with Crippen LogP contribution in [0.5, 0.6) is 11.5 Å². The van der Waals surface area contributed by atoms with Crippen LogP contribution in [-0.2, 0) is 13.0 Å².